The van der Waals surface area contributed by atoms with Crippen molar-refractivity contribution in [2.24, 2.45) is 0 Å². The van der Waals surface area contributed by atoms with Crippen LogP contribution in [0.3, 0.4) is 0 Å². The van der Waals surface area contributed by atoms with E-state index < -0.39 is 0 Å². The van der Waals surface area contributed by atoms with E-state index in [1.165, 1.54) is 12.1 Å². The van der Waals surface area contributed by atoms with Crippen LogP contribution in [0.25, 0.3) is 5.57 Å². The van der Waals surface area contributed by atoms with Crippen LogP contribution < -0.4 is 10.1 Å². The van der Waals surface area contributed by atoms with Crippen LogP contribution in [0.15, 0.2) is 54.7 Å². The molecular weight excluding hydrogens is 481 g/mol. The van der Waals surface area contributed by atoms with Gasteiger partial charge in [-0.25, -0.2) is 14.4 Å². The number of ether oxygens (including phenoxy) is 1. The molecule has 2 aromatic carbocycles. The third-order valence-electron chi connectivity index (χ3n) is 6.19. The third-order valence-corrected chi connectivity index (χ3v) is 6.47. The minimum Gasteiger partial charge on any atom is -0.497 e. The van der Waals surface area contributed by atoms with Gasteiger partial charge in [-0.15, -0.1) is 0 Å². The maximum atomic E-state index is 13.4. The number of methoxy groups -OCH3 is 1. The van der Waals surface area contributed by atoms with E-state index in [1.54, 1.807) is 25.4 Å². The van der Waals surface area contributed by atoms with Crippen molar-refractivity contribution in [2.45, 2.75) is 13.5 Å². The summed E-state index contributed by atoms with van der Waals surface area (Å²) in [5, 5.41) is 12.9. The number of β-amino-alcohol motifs (C(OH)–C–C–N with tert-alkyl or cyclic N) is 1. The van der Waals surface area contributed by atoms with Crippen molar-refractivity contribution in [3.8, 4) is 5.75 Å². The molecule has 3 aromatic rings. The maximum absolute atomic E-state index is 13.4. The number of allylic oxidation sites excluding steroid dienone is 1. The van der Waals surface area contributed by atoms with Crippen LogP contribution in [-0.2, 0) is 6.54 Å². The van der Waals surface area contributed by atoms with E-state index in [1.807, 2.05) is 25.1 Å². The molecule has 0 atom stereocenters. The molecule has 0 bridgehead atoms. The number of hydrogen-bond donors (Lipinski definition) is 2. The van der Waals surface area contributed by atoms with Gasteiger partial charge >= 0.3 is 0 Å². The number of piperazine rings is 1. The molecule has 1 saturated heterocycles. The molecule has 2 heterocycles. The van der Waals surface area contributed by atoms with Crippen LogP contribution in [-0.4, -0.2) is 71.3 Å². The van der Waals surface area contributed by atoms with Crippen LogP contribution in [0.5, 0.6) is 5.75 Å². The Kier molecular flexibility index (Phi) is 8.88. The molecule has 9 heteroatoms. The Morgan fingerprint density at radius 2 is 1.86 bits per heavy atom. The van der Waals surface area contributed by atoms with E-state index in [0.717, 1.165) is 67.4 Å². The Bertz CT molecular complexity index is 1200. The molecule has 0 saturated carbocycles. The molecule has 0 amide bonds. The Hall–Kier alpha value is -3.04. The number of aliphatic hydroxyl groups excluding tert-OH is 1. The van der Waals surface area contributed by atoms with Gasteiger partial charge in [-0.1, -0.05) is 29.8 Å². The summed E-state index contributed by atoms with van der Waals surface area (Å²) in [5.41, 5.74) is 4.08. The smallest absolute Gasteiger partial charge is 0.227 e. The number of halogens is 2. The number of rotatable bonds is 9. The second kappa shape index (κ2) is 12.3. The van der Waals surface area contributed by atoms with Crippen molar-refractivity contribution in [3.63, 3.8) is 0 Å². The summed E-state index contributed by atoms with van der Waals surface area (Å²) in [5.74, 6) is 0.836. The third kappa shape index (κ3) is 6.59. The highest BCUT2D eigenvalue weighted by molar-refractivity contribution is 6.32. The van der Waals surface area contributed by atoms with Crippen LogP contribution >= 0.6 is 11.6 Å². The van der Waals surface area contributed by atoms with E-state index in [2.05, 4.69) is 31.2 Å². The van der Waals surface area contributed by atoms with Crippen LogP contribution in [0.4, 0.5) is 16.0 Å². The summed E-state index contributed by atoms with van der Waals surface area (Å²) in [4.78, 5) is 13.7. The minimum atomic E-state index is -0.300. The zero-order valence-electron chi connectivity index (χ0n) is 20.5. The van der Waals surface area contributed by atoms with Gasteiger partial charge in [0, 0.05) is 56.6 Å². The molecule has 1 aromatic heterocycles. The van der Waals surface area contributed by atoms with Gasteiger partial charge < -0.3 is 15.2 Å². The van der Waals surface area contributed by atoms with E-state index >= 15 is 0 Å². The van der Waals surface area contributed by atoms with Gasteiger partial charge in [0.25, 0.3) is 0 Å². The first-order valence-corrected chi connectivity index (χ1v) is 12.3. The summed E-state index contributed by atoms with van der Waals surface area (Å²) in [6, 6.07) is 12.2. The summed E-state index contributed by atoms with van der Waals surface area (Å²) in [7, 11) is 1.65. The second-order valence-corrected chi connectivity index (χ2v) is 9.04. The average molecular weight is 512 g/mol. The molecule has 4 rings (SSSR count). The lowest BCUT2D eigenvalue weighted by Gasteiger charge is -2.34. The van der Waals surface area contributed by atoms with Gasteiger partial charge in [0.15, 0.2) is 0 Å². The topological polar surface area (TPSA) is 73.8 Å². The normalized spacial score (nSPS) is 15.2. The molecule has 190 valence electrons. The average Bonchev–Trinajstić information content (AvgIpc) is 2.88. The van der Waals surface area contributed by atoms with Gasteiger partial charge in [-0.05, 0) is 42.3 Å². The molecule has 1 aliphatic rings. The number of benzene rings is 2. The Balaban J connectivity index is 1.53. The monoisotopic (exact) mass is 511 g/mol. The fraction of sp³-hybridized carbons (Fsp3) is 0.333. The highest BCUT2D eigenvalue weighted by Crippen LogP contribution is 2.30. The molecule has 0 spiro atoms. The summed E-state index contributed by atoms with van der Waals surface area (Å²) in [6.07, 6.45) is 3.46. The number of aliphatic hydroxyl groups is 1. The Labute approximate surface area is 216 Å². The SMILES string of the molecule is C/C=C(\c1ccc(F)cc1)c1nc(Nc2cc(CN3CCN(CCO)CC3)cc(OC)c2)ncc1Cl. The molecular formula is C27H31ClFN5O2. The van der Waals surface area contributed by atoms with Gasteiger partial charge in [-0.3, -0.25) is 9.80 Å². The Morgan fingerprint density at radius 1 is 1.14 bits per heavy atom. The van der Waals surface area contributed by atoms with Crippen LogP contribution in [0.2, 0.25) is 5.02 Å². The molecule has 0 radical (unpaired) electrons. The minimum absolute atomic E-state index is 0.193. The first kappa shape index (κ1) is 26.0. The number of aromatic nitrogens is 2. The standard InChI is InChI=1S/C27H31ClFN5O2/c1-3-24(20-4-6-21(29)7-5-20)26-25(28)17-30-27(32-26)31-22-14-19(15-23(16-22)36-2)18-34-10-8-33(9-11-34)12-13-35/h3-7,14-17,35H,8-13,18H2,1-2H3,(H,30,31,32)/b24-3+. The molecule has 0 unspecified atom stereocenters. The molecule has 2 N–H and O–H groups in total. The van der Waals surface area contributed by atoms with Gasteiger partial charge in [0.1, 0.15) is 11.6 Å². The lowest BCUT2D eigenvalue weighted by Crippen LogP contribution is -2.46. The predicted molar refractivity (Wildman–Crippen MR) is 141 cm³/mol. The van der Waals surface area contributed by atoms with Crippen molar-refractivity contribution >= 4 is 28.8 Å². The summed E-state index contributed by atoms with van der Waals surface area (Å²) < 4.78 is 19.0. The zero-order chi connectivity index (χ0) is 25.5. The molecule has 1 aliphatic heterocycles. The highest BCUT2D eigenvalue weighted by atomic mass is 35.5. The highest BCUT2D eigenvalue weighted by Gasteiger charge is 2.17. The van der Waals surface area contributed by atoms with E-state index in [0.29, 0.717) is 16.7 Å². The van der Waals surface area contributed by atoms with Crippen molar-refractivity contribution < 1.29 is 14.2 Å². The molecule has 0 aliphatic carbocycles. The molecule has 1 fully saturated rings. The van der Waals surface area contributed by atoms with Gasteiger partial charge in [-0.2, -0.15) is 0 Å². The number of nitrogens with zero attached hydrogens (tertiary/aromatic N) is 4. The van der Waals surface area contributed by atoms with Crippen molar-refractivity contribution in [1.82, 2.24) is 19.8 Å². The largest absolute Gasteiger partial charge is 0.497 e. The molecule has 36 heavy (non-hydrogen) atoms. The fourth-order valence-electron chi connectivity index (χ4n) is 4.33. The van der Waals surface area contributed by atoms with E-state index in [9.17, 15) is 4.39 Å². The maximum Gasteiger partial charge on any atom is 0.227 e. The van der Waals surface area contributed by atoms with E-state index in [-0.39, 0.29) is 12.4 Å². The molecule has 7 nitrogen and oxygen atoms in total. The first-order valence-electron chi connectivity index (χ1n) is 11.9. The zero-order valence-corrected chi connectivity index (χ0v) is 21.3. The lowest BCUT2D eigenvalue weighted by molar-refractivity contribution is 0.108. The first-order chi connectivity index (χ1) is 17.5. The summed E-state index contributed by atoms with van der Waals surface area (Å²) >= 11 is 6.45. The van der Waals surface area contributed by atoms with Crippen LogP contribution in [0.1, 0.15) is 23.7 Å². The Morgan fingerprint density at radius 3 is 2.53 bits per heavy atom. The number of anilines is 2. The fourth-order valence-corrected chi connectivity index (χ4v) is 4.52. The van der Waals surface area contributed by atoms with Crippen LogP contribution in [0, 0.1) is 5.82 Å². The number of hydrogen-bond acceptors (Lipinski definition) is 7. The van der Waals surface area contributed by atoms with Crippen molar-refractivity contribution in [2.75, 3.05) is 51.8 Å². The lowest BCUT2D eigenvalue weighted by atomic mass is 10.0. The second-order valence-electron chi connectivity index (χ2n) is 8.64. The van der Waals surface area contributed by atoms with Gasteiger partial charge in [0.05, 0.1) is 30.6 Å². The van der Waals surface area contributed by atoms with E-state index in [4.69, 9.17) is 21.4 Å². The number of nitrogens with one attached hydrogen (secondary N) is 1. The predicted octanol–water partition coefficient (Wildman–Crippen LogP) is 4.58. The van der Waals surface area contributed by atoms with Gasteiger partial charge in [0.2, 0.25) is 5.95 Å². The van der Waals surface area contributed by atoms with Crippen molar-refractivity contribution in [3.05, 3.63) is 82.4 Å². The quantitative estimate of drug-likeness (QED) is 0.435. The summed E-state index contributed by atoms with van der Waals surface area (Å²) in [6.45, 7) is 7.37. The van der Waals surface area contributed by atoms with Crippen molar-refractivity contribution in [1.29, 1.82) is 0 Å².